The van der Waals surface area contributed by atoms with Crippen molar-refractivity contribution in [1.82, 2.24) is 15.5 Å². The predicted molar refractivity (Wildman–Crippen MR) is 109 cm³/mol. The Balaban J connectivity index is 1.42. The van der Waals surface area contributed by atoms with Gasteiger partial charge >= 0.3 is 0 Å². The number of halogens is 1. The fraction of sp³-hybridized carbons (Fsp3) is 0.650. The van der Waals surface area contributed by atoms with E-state index in [1.807, 2.05) is 7.05 Å². The Kier molecular flexibility index (Phi) is 6.39. The third-order valence-electron chi connectivity index (χ3n) is 5.79. The first-order valence-corrected chi connectivity index (χ1v) is 10.3. The average molecular weight is 407 g/mol. The molecule has 2 fully saturated rings. The van der Waals surface area contributed by atoms with Crippen molar-refractivity contribution in [1.29, 1.82) is 0 Å². The molecule has 2 N–H and O–H groups in total. The average Bonchev–Trinajstić information content (AvgIpc) is 3.41. The highest BCUT2D eigenvalue weighted by Gasteiger charge is 2.44. The lowest BCUT2D eigenvalue weighted by Gasteiger charge is -2.29. The van der Waals surface area contributed by atoms with E-state index in [9.17, 15) is 0 Å². The molecule has 1 aliphatic heterocycles. The van der Waals surface area contributed by atoms with E-state index in [2.05, 4.69) is 67.8 Å². The van der Waals surface area contributed by atoms with Gasteiger partial charge in [0.2, 0.25) is 0 Å². The number of nitrogens with zero attached hydrogens (tertiary/aromatic N) is 2. The summed E-state index contributed by atoms with van der Waals surface area (Å²) in [5.41, 5.74) is 1.71. The van der Waals surface area contributed by atoms with E-state index in [1.54, 1.807) is 0 Å². The molecule has 1 saturated heterocycles. The largest absolute Gasteiger partial charge is 0.356 e. The van der Waals surface area contributed by atoms with Crippen LogP contribution in [0, 0.1) is 5.92 Å². The quantitative estimate of drug-likeness (QED) is 0.561. The molecule has 138 valence electrons. The van der Waals surface area contributed by atoms with E-state index in [-0.39, 0.29) is 5.41 Å². The number of guanidine groups is 1. The van der Waals surface area contributed by atoms with Gasteiger partial charge in [0.05, 0.1) is 0 Å². The topological polar surface area (TPSA) is 39.7 Å². The van der Waals surface area contributed by atoms with Crippen molar-refractivity contribution in [3.05, 3.63) is 34.3 Å². The second-order valence-electron chi connectivity index (χ2n) is 7.68. The Bertz CT molecular complexity index is 589. The first-order valence-electron chi connectivity index (χ1n) is 9.50. The monoisotopic (exact) mass is 406 g/mol. The molecular formula is C20H31BrN4. The Hall–Kier alpha value is -1.07. The minimum Gasteiger partial charge on any atom is -0.356 e. The van der Waals surface area contributed by atoms with Crippen LogP contribution in [-0.4, -0.2) is 51.1 Å². The number of hydrogen-bond acceptors (Lipinski definition) is 2. The predicted octanol–water partition coefficient (Wildman–Crippen LogP) is 3.38. The molecule has 1 heterocycles. The maximum Gasteiger partial charge on any atom is 0.191 e. The molecule has 0 atom stereocenters. The molecule has 0 amide bonds. The van der Waals surface area contributed by atoms with Crippen LogP contribution in [0.15, 0.2) is 33.7 Å². The van der Waals surface area contributed by atoms with E-state index in [1.165, 1.54) is 50.8 Å². The summed E-state index contributed by atoms with van der Waals surface area (Å²) in [5, 5.41) is 7.06. The maximum atomic E-state index is 4.40. The number of likely N-dealkylation sites (tertiary alicyclic amines) is 1. The minimum absolute atomic E-state index is 0.287. The second-order valence-corrected chi connectivity index (χ2v) is 8.59. The maximum absolute atomic E-state index is 4.40. The standard InChI is InChI=1S/C20H31BrN4/c1-22-19(23-11-6-16-7-12-25(2)13-8-16)24-15-20(9-10-20)17-4-3-5-18(21)14-17/h3-5,14,16H,6-13,15H2,1-2H3,(H2,22,23,24). The molecule has 4 nitrogen and oxygen atoms in total. The Labute approximate surface area is 160 Å². The molecule has 0 spiro atoms. The first kappa shape index (κ1) is 18.7. The van der Waals surface area contributed by atoms with Crippen molar-refractivity contribution < 1.29 is 0 Å². The summed E-state index contributed by atoms with van der Waals surface area (Å²) < 4.78 is 1.16. The second kappa shape index (κ2) is 8.54. The zero-order valence-corrected chi connectivity index (χ0v) is 17.1. The van der Waals surface area contributed by atoms with Gasteiger partial charge in [-0.25, -0.2) is 0 Å². The molecule has 1 saturated carbocycles. The summed E-state index contributed by atoms with van der Waals surface area (Å²) in [5.74, 6) is 1.80. The van der Waals surface area contributed by atoms with Crippen LogP contribution in [0.2, 0.25) is 0 Å². The fourth-order valence-corrected chi connectivity index (χ4v) is 4.15. The van der Waals surface area contributed by atoms with Gasteiger partial charge in [0.15, 0.2) is 5.96 Å². The lowest BCUT2D eigenvalue weighted by molar-refractivity contribution is 0.213. The number of rotatable bonds is 6. The Morgan fingerprint density at radius 3 is 2.68 bits per heavy atom. The number of nitrogens with one attached hydrogen (secondary N) is 2. The number of benzene rings is 1. The Morgan fingerprint density at radius 2 is 2.04 bits per heavy atom. The number of hydrogen-bond donors (Lipinski definition) is 2. The number of piperidine rings is 1. The van der Waals surface area contributed by atoms with Gasteiger partial charge in [-0.3, -0.25) is 4.99 Å². The first-order chi connectivity index (χ1) is 12.1. The van der Waals surface area contributed by atoms with E-state index in [4.69, 9.17) is 0 Å². The molecule has 1 aliphatic carbocycles. The van der Waals surface area contributed by atoms with E-state index >= 15 is 0 Å². The normalized spacial score (nSPS) is 21.2. The van der Waals surface area contributed by atoms with Crippen molar-refractivity contribution in [2.75, 3.05) is 40.3 Å². The van der Waals surface area contributed by atoms with Gasteiger partial charge in [-0.05, 0) is 75.9 Å². The van der Waals surface area contributed by atoms with Gasteiger partial charge in [-0.15, -0.1) is 0 Å². The van der Waals surface area contributed by atoms with Crippen molar-refractivity contribution in [3.8, 4) is 0 Å². The van der Waals surface area contributed by atoms with E-state index in [0.717, 1.165) is 29.4 Å². The molecule has 0 unspecified atom stereocenters. The molecule has 0 bridgehead atoms. The third-order valence-corrected chi connectivity index (χ3v) is 6.28. The molecule has 1 aromatic carbocycles. The van der Waals surface area contributed by atoms with Crippen LogP contribution in [0.3, 0.4) is 0 Å². The highest BCUT2D eigenvalue weighted by Crippen LogP contribution is 2.48. The van der Waals surface area contributed by atoms with Crippen molar-refractivity contribution in [3.63, 3.8) is 0 Å². The van der Waals surface area contributed by atoms with Crippen molar-refractivity contribution in [2.24, 2.45) is 10.9 Å². The smallest absolute Gasteiger partial charge is 0.191 e. The summed E-state index contributed by atoms with van der Waals surface area (Å²) in [6.45, 7) is 4.45. The number of aliphatic imine (C=N–C) groups is 1. The van der Waals surface area contributed by atoms with Gasteiger partial charge in [0.1, 0.15) is 0 Å². The van der Waals surface area contributed by atoms with Gasteiger partial charge in [-0.1, -0.05) is 28.1 Å². The van der Waals surface area contributed by atoms with Crippen LogP contribution in [0.4, 0.5) is 0 Å². The summed E-state index contributed by atoms with van der Waals surface area (Å²) in [4.78, 5) is 6.83. The van der Waals surface area contributed by atoms with Gasteiger partial charge in [-0.2, -0.15) is 0 Å². The highest BCUT2D eigenvalue weighted by atomic mass is 79.9. The van der Waals surface area contributed by atoms with Crippen LogP contribution in [-0.2, 0) is 5.41 Å². The molecule has 25 heavy (non-hydrogen) atoms. The van der Waals surface area contributed by atoms with Crippen LogP contribution in [0.25, 0.3) is 0 Å². The third kappa shape index (κ3) is 5.20. The van der Waals surface area contributed by atoms with Gasteiger partial charge in [0.25, 0.3) is 0 Å². The zero-order chi connectivity index (χ0) is 17.7. The zero-order valence-electron chi connectivity index (χ0n) is 15.5. The lowest BCUT2D eigenvalue weighted by Crippen LogP contribution is -2.42. The molecule has 3 rings (SSSR count). The molecule has 0 aromatic heterocycles. The van der Waals surface area contributed by atoms with Crippen molar-refractivity contribution in [2.45, 2.75) is 37.5 Å². The fourth-order valence-electron chi connectivity index (χ4n) is 3.76. The Morgan fingerprint density at radius 1 is 1.28 bits per heavy atom. The molecule has 0 radical (unpaired) electrons. The molecule has 1 aromatic rings. The molecule has 5 heteroatoms. The van der Waals surface area contributed by atoms with E-state index in [0.29, 0.717) is 0 Å². The molecule has 2 aliphatic rings. The summed E-state index contributed by atoms with van der Waals surface area (Å²) in [6.07, 6.45) is 6.41. The summed E-state index contributed by atoms with van der Waals surface area (Å²) >= 11 is 3.59. The van der Waals surface area contributed by atoms with Gasteiger partial charge in [0, 0.05) is 30.0 Å². The minimum atomic E-state index is 0.287. The van der Waals surface area contributed by atoms with Gasteiger partial charge < -0.3 is 15.5 Å². The lowest BCUT2D eigenvalue weighted by atomic mass is 9.94. The molecular weight excluding hydrogens is 376 g/mol. The van der Waals surface area contributed by atoms with Crippen LogP contribution >= 0.6 is 15.9 Å². The highest BCUT2D eigenvalue weighted by molar-refractivity contribution is 9.10. The van der Waals surface area contributed by atoms with Crippen LogP contribution < -0.4 is 10.6 Å². The van der Waals surface area contributed by atoms with Crippen molar-refractivity contribution >= 4 is 21.9 Å². The van der Waals surface area contributed by atoms with Crippen LogP contribution in [0.5, 0.6) is 0 Å². The summed E-state index contributed by atoms with van der Waals surface area (Å²) in [6, 6.07) is 8.73. The SMILES string of the molecule is CN=C(NCCC1CCN(C)CC1)NCC1(c2cccc(Br)c2)CC1. The van der Waals surface area contributed by atoms with E-state index < -0.39 is 0 Å². The van der Waals surface area contributed by atoms with Crippen LogP contribution in [0.1, 0.15) is 37.7 Å². The summed E-state index contributed by atoms with van der Waals surface area (Å²) in [7, 11) is 4.09.